The SMILES string of the molecule is Cc1ccc(O[P](=O)OC#N)c([N+](=O)[O-])c1. The number of nitrogens with zero attached hydrogens (tertiary/aromatic N) is 2. The lowest BCUT2D eigenvalue weighted by atomic mass is 10.2. The van der Waals surface area contributed by atoms with Gasteiger partial charge in [-0.3, -0.25) is 10.1 Å². The van der Waals surface area contributed by atoms with E-state index in [9.17, 15) is 14.7 Å². The third-order valence-electron chi connectivity index (χ3n) is 1.60. The second-order valence-electron chi connectivity index (χ2n) is 2.73. The lowest BCUT2D eigenvalue weighted by molar-refractivity contribution is -0.385. The minimum absolute atomic E-state index is 0.202. The molecule has 0 spiro atoms. The van der Waals surface area contributed by atoms with Gasteiger partial charge in [-0.15, -0.1) is 5.26 Å². The van der Waals surface area contributed by atoms with Crippen molar-refractivity contribution < 1.29 is 18.5 Å². The number of hydrogen-bond acceptors (Lipinski definition) is 6. The van der Waals surface area contributed by atoms with Crippen molar-refractivity contribution in [1.82, 2.24) is 0 Å². The van der Waals surface area contributed by atoms with Crippen LogP contribution in [0.15, 0.2) is 18.2 Å². The molecule has 0 bridgehead atoms. The van der Waals surface area contributed by atoms with Crippen LogP contribution in [0.2, 0.25) is 0 Å². The summed E-state index contributed by atoms with van der Waals surface area (Å²) in [6.07, 6.45) is 1.17. The van der Waals surface area contributed by atoms with Gasteiger partial charge in [0.15, 0.2) is 0 Å². The molecule has 1 unspecified atom stereocenters. The molecule has 0 heterocycles. The van der Waals surface area contributed by atoms with E-state index in [0.29, 0.717) is 5.56 Å². The van der Waals surface area contributed by atoms with E-state index in [1.165, 1.54) is 18.4 Å². The molecule has 8 heteroatoms. The highest BCUT2D eigenvalue weighted by Crippen LogP contribution is 2.35. The van der Waals surface area contributed by atoms with Crippen molar-refractivity contribution in [3.05, 3.63) is 33.9 Å². The Bertz CT molecular complexity index is 482. The summed E-state index contributed by atoms with van der Waals surface area (Å²) in [6.45, 7) is 1.67. The molecule has 0 saturated carbocycles. The summed E-state index contributed by atoms with van der Waals surface area (Å²) in [5.74, 6) is -0.202. The maximum absolute atomic E-state index is 10.9. The van der Waals surface area contributed by atoms with Crippen molar-refractivity contribution in [3.63, 3.8) is 0 Å². The molecule has 1 atom stereocenters. The molecule has 16 heavy (non-hydrogen) atoms. The topological polar surface area (TPSA) is 102 Å². The largest absolute Gasteiger partial charge is 0.502 e. The number of nitriles is 1. The standard InChI is InChI=1S/C8H6N2O5P/c1-6-2-3-8(7(4-6)10(11)12)15-16(13)14-5-9/h2-4H,1H3. The van der Waals surface area contributed by atoms with E-state index in [1.54, 1.807) is 13.0 Å². The Kier molecular flexibility index (Phi) is 3.75. The first-order valence-electron chi connectivity index (χ1n) is 4.01. The molecule has 1 rings (SSSR count). The Morgan fingerprint density at radius 2 is 2.25 bits per heavy atom. The smallest absolute Gasteiger partial charge is 0.381 e. The maximum atomic E-state index is 10.9. The Morgan fingerprint density at radius 3 is 2.81 bits per heavy atom. The zero-order valence-electron chi connectivity index (χ0n) is 8.11. The molecule has 7 nitrogen and oxygen atoms in total. The average molecular weight is 241 g/mol. The van der Waals surface area contributed by atoms with E-state index >= 15 is 0 Å². The van der Waals surface area contributed by atoms with Crippen LogP contribution in [0.1, 0.15) is 5.56 Å². The number of aryl methyl sites for hydroxylation is 1. The maximum Gasteiger partial charge on any atom is 0.502 e. The highest BCUT2D eigenvalue weighted by Gasteiger charge is 2.18. The van der Waals surface area contributed by atoms with Crippen molar-refractivity contribution in [3.8, 4) is 12.0 Å². The molecule has 0 N–H and O–H groups in total. The summed E-state index contributed by atoms with van der Waals surface area (Å²) >= 11 is 0. The molecule has 0 aliphatic heterocycles. The van der Waals surface area contributed by atoms with Crippen LogP contribution in [0, 0.1) is 28.6 Å². The number of nitro groups is 1. The molecule has 0 fully saturated rings. The number of hydrogen-bond donors (Lipinski definition) is 0. The first kappa shape index (κ1) is 11.9. The van der Waals surface area contributed by atoms with Crippen LogP contribution >= 0.6 is 8.25 Å². The van der Waals surface area contributed by atoms with Gasteiger partial charge in [0.2, 0.25) is 5.75 Å². The van der Waals surface area contributed by atoms with Gasteiger partial charge in [-0.2, -0.15) is 4.57 Å². The second kappa shape index (κ2) is 5.05. The fourth-order valence-electron chi connectivity index (χ4n) is 0.980. The predicted octanol–water partition coefficient (Wildman–Crippen LogP) is 2.44. The molecule has 1 radical (unpaired) electrons. The summed E-state index contributed by atoms with van der Waals surface area (Å²) in [7, 11) is -2.72. The minimum atomic E-state index is -2.72. The van der Waals surface area contributed by atoms with Crippen molar-refractivity contribution >= 4 is 13.9 Å². The molecule has 0 aliphatic rings. The fourth-order valence-corrected chi connectivity index (χ4v) is 1.40. The second-order valence-corrected chi connectivity index (χ2v) is 3.54. The zero-order chi connectivity index (χ0) is 12.1. The van der Waals surface area contributed by atoms with Crippen LogP contribution in [0.5, 0.6) is 5.75 Å². The summed E-state index contributed by atoms with van der Waals surface area (Å²) in [5.41, 5.74) is 0.334. The molecule has 0 aliphatic carbocycles. The predicted molar refractivity (Wildman–Crippen MR) is 52.8 cm³/mol. The van der Waals surface area contributed by atoms with Gasteiger partial charge >= 0.3 is 13.9 Å². The lowest BCUT2D eigenvalue weighted by Crippen LogP contribution is -1.93. The molecule has 1 aromatic carbocycles. The van der Waals surface area contributed by atoms with E-state index in [0.717, 1.165) is 0 Å². The minimum Gasteiger partial charge on any atom is -0.381 e. The summed E-state index contributed by atoms with van der Waals surface area (Å²) < 4.78 is 19.5. The van der Waals surface area contributed by atoms with Crippen LogP contribution in [0.3, 0.4) is 0 Å². The van der Waals surface area contributed by atoms with Crippen LogP contribution < -0.4 is 4.52 Å². The van der Waals surface area contributed by atoms with Crippen LogP contribution in [-0.4, -0.2) is 4.92 Å². The van der Waals surface area contributed by atoms with E-state index < -0.39 is 13.2 Å². The van der Waals surface area contributed by atoms with Gasteiger partial charge in [-0.1, -0.05) is 6.07 Å². The van der Waals surface area contributed by atoms with Crippen LogP contribution in [0.25, 0.3) is 0 Å². The van der Waals surface area contributed by atoms with E-state index in [4.69, 9.17) is 5.26 Å². The Hall–Kier alpha value is -2.19. The van der Waals surface area contributed by atoms with Gasteiger partial charge in [0.05, 0.1) is 4.92 Å². The number of rotatable bonds is 4. The quantitative estimate of drug-likeness (QED) is 0.347. The van der Waals surface area contributed by atoms with E-state index in [1.807, 2.05) is 0 Å². The van der Waals surface area contributed by atoms with Crippen LogP contribution in [0.4, 0.5) is 5.69 Å². The third-order valence-corrected chi connectivity index (χ3v) is 2.18. The summed E-state index contributed by atoms with van der Waals surface area (Å²) in [6, 6.07) is 4.12. The molecule has 0 aromatic heterocycles. The number of nitro benzene ring substituents is 1. The Morgan fingerprint density at radius 1 is 1.56 bits per heavy atom. The molecule has 83 valence electrons. The van der Waals surface area contributed by atoms with Crippen LogP contribution in [-0.2, 0) is 9.09 Å². The van der Waals surface area contributed by atoms with Gasteiger partial charge in [-0.25, -0.2) is 0 Å². The summed E-state index contributed by atoms with van der Waals surface area (Å²) in [5, 5.41) is 18.7. The third kappa shape index (κ3) is 2.90. The number of benzene rings is 1. The highest BCUT2D eigenvalue weighted by atomic mass is 31.1. The highest BCUT2D eigenvalue weighted by molar-refractivity contribution is 7.34. The van der Waals surface area contributed by atoms with E-state index in [-0.39, 0.29) is 11.4 Å². The fraction of sp³-hybridized carbons (Fsp3) is 0.125. The summed E-state index contributed by atoms with van der Waals surface area (Å²) in [4.78, 5) is 9.97. The zero-order valence-corrected chi connectivity index (χ0v) is 9.01. The molecular formula is C8H6N2O5P. The van der Waals surface area contributed by atoms with Gasteiger partial charge in [0, 0.05) is 6.07 Å². The Labute approximate surface area is 91.3 Å². The van der Waals surface area contributed by atoms with Crippen molar-refractivity contribution in [2.24, 2.45) is 0 Å². The van der Waals surface area contributed by atoms with Crippen molar-refractivity contribution in [2.45, 2.75) is 6.92 Å². The van der Waals surface area contributed by atoms with E-state index in [2.05, 4.69) is 9.05 Å². The van der Waals surface area contributed by atoms with Gasteiger partial charge in [0.1, 0.15) is 0 Å². The van der Waals surface area contributed by atoms with Gasteiger partial charge in [0.25, 0.3) is 6.26 Å². The van der Waals surface area contributed by atoms with Crippen molar-refractivity contribution in [2.75, 3.05) is 0 Å². The van der Waals surface area contributed by atoms with Gasteiger partial charge in [-0.05, 0) is 18.6 Å². The molecule has 0 amide bonds. The van der Waals surface area contributed by atoms with Gasteiger partial charge < -0.3 is 9.05 Å². The molecule has 1 aromatic rings. The first-order valence-corrected chi connectivity index (χ1v) is 5.10. The first-order chi connectivity index (χ1) is 7.54. The lowest BCUT2D eigenvalue weighted by Gasteiger charge is -2.02. The average Bonchev–Trinajstić information content (AvgIpc) is 2.20. The molecule has 0 saturated heterocycles. The normalized spacial score (nSPS) is 10.1. The Balaban J connectivity index is 3.00. The monoisotopic (exact) mass is 241 g/mol. The molecular weight excluding hydrogens is 235 g/mol. The van der Waals surface area contributed by atoms with Crippen molar-refractivity contribution in [1.29, 1.82) is 5.26 Å².